The number of likely N-dealkylation sites (N-methyl/N-ethyl adjacent to an activating group) is 1. The molecule has 0 fully saturated rings. The van der Waals surface area contributed by atoms with Crippen LogP contribution >= 0.6 is 24.0 Å². The van der Waals surface area contributed by atoms with Gasteiger partial charge in [-0.05, 0) is 33.5 Å². The molecular formula is C17H27IN4. The molecule has 0 aromatic heterocycles. The van der Waals surface area contributed by atoms with Gasteiger partial charge in [-0.25, -0.2) is 0 Å². The van der Waals surface area contributed by atoms with Gasteiger partial charge in [0.15, 0.2) is 5.96 Å². The Morgan fingerprint density at radius 3 is 2.41 bits per heavy atom. The number of aliphatic imine (C=N–C) groups is 1. The Morgan fingerprint density at radius 1 is 1.27 bits per heavy atom. The van der Waals surface area contributed by atoms with Gasteiger partial charge in [0.05, 0.1) is 19.1 Å². The van der Waals surface area contributed by atoms with Crippen LogP contribution in [0.25, 0.3) is 0 Å². The van der Waals surface area contributed by atoms with Gasteiger partial charge in [-0.3, -0.25) is 4.99 Å². The van der Waals surface area contributed by atoms with Crippen molar-refractivity contribution in [3.8, 4) is 12.3 Å². The fraction of sp³-hybridized carbons (Fsp3) is 0.471. The smallest absolute Gasteiger partial charge is 0.192 e. The first-order valence-electron chi connectivity index (χ1n) is 7.27. The van der Waals surface area contributed by atoms with Crippen LogP contribution in [0.15, 0.2) is 29.3 Å². The molecule has 0 spiro atoms. The predicted molar refractivity (Wildman–Crippen MR) is 106 cm³/mol. The lowest BCUT2D eigenvalue weighted by molar-refractivity contribution is 0.306. The van der Waals surface area contributed by atoms with Crippen molar-refractivity contribution in [2.75, 3.05) is 33.7 Å². The van der Waals surface area contributed by atoms with Crippen molar-refractivity contribution in [1.29, 1.82) is 0 Å². The number of hydrogen-bond acceptors (Lipinski definition) is 2. The molecule has 1 atom stereocenters. The topological polar surface area (TPSA) is 39.7 Å². The molecule has 0 bridgehead atoms. The van der Waals surface area contributed by atoms with E-state index in [2.05, 4.69) is 71.7 Å². The van der Waals surface area contributed by atoms with Crippen LogP contribution < -0.4 is 10.6 Å². The molecular weight excluding hydrogens is 387 g/mol. The number of benzene rings is 1. The van der Waals surface area contributed by atoms with Gasteiger partial charge in [0.25, 0.3) is 0 Å². The highest BCUT2D eigenvalue weighted by molar-refractivity contribution is 14.0. The number of halogens is 1. The summed E-state index contributed by atoms with van der Waals surface area (Å²) in [5.74, 6) is 3.32. The minimum Gasteiger partial charge on any atom is -0.357 e. The number of nitrogens with zero attached hydrogens (tertiary/aromatic N) is 2. The SMILES string of the molecule is C#CCNC(=NCC(c1ccc(C)cc1)N(C)C)NCC.I. The zero-order chi connectivity index (χ0) is 15.7. The van der Waals surface area contributed by atoms with Gasteiger partial charge in [0.1, 0.15) is 0 Å². The van der Waals surface area contributed by atoms with E-state index < -0.39 is 0 Å². The second-order valence-electron chi connectivity index (χ2n) is 5.17. The number of terminal acetylenes is 1. The van der Waals surface area contributed by atoms with Crippen molar-refractivity contribution in [3.63, 3.8) is 0 Å². The molecule has 1 rings (SSSR count). The van der Waals surface area contributed by atoms with E-state index in [-0.39, 0.29) is 30.0 Å². The average Bonchev–Trinajstić information content (AvgIpc) is 2.46. The summed E-state index contributed by atoms with van der Waals surface area (Å²) in [5, 5.41) is 6.31. The summed E-state index contributed by atoms with van der Waals surface area (Å²) in [6, 6.07) is 8.84. The van der Waals surface area contributed by atoms with Gasteiger partial charge in [-0.2, -0.15) is 0 Å². The lowest BCUT2D eigenvalue weighted by atomic mass is 10.0. The van der Waals surface area contributed by atoms with Gasteiger partial charge in [-0.1, -0.05) is 35.7 Å². The van der Waals surface area contributed by atoms with E-state index in [0.29, 0.717) is 13.1 Å². The van der Waals surface area contributed by atoms with Gasteiger partial charge in [0.2, 0.25) is 0 Å². The molecule has 0 radical (unpaired) electrons. The van der Waals surface area contributed by atoms with E-state index in [1.807, 2.05) is 6.92 Å². The minimum atomic E-state index is 0. The van der Waals surface area contributed by atoms with Gasteiger partial charge in [-0.15, -0.1) is 30.4 Å². The highest BCUT2D eigenvalue weighted by Gasteiger charge is 2.13. The summed E-state index contributed by atoms with van der Waals surface area (Å²) in [5.41, 5.74) is 2.53. The molecule has 0 heterocycles. The lowest BCUT2D eigenvalue weighted by Crippen LogP contribution is -2.38. The Bertz CT molecular complexity index is 488. The molecule has 0 amide bonds. The van der Waals surface area contributed by atoms with Crippen molar-refractivity contribution in [2.45, 2.75) is 19.9 Å². The summed E-state index contributed by atoms with van der Waals surface area (Å²) < 4.78 is 0. The maximum absolute atomic E-state index is 5.28. The van der Waals surface area contributed by atoms with Crippen molar-refractivity contribution >= 4 is 29.9 Å². The van der Waals surface area contributed by atoms with E-state index in [9.17, 15) is 0 Å². The Labute approximate surface area is 151 Å². The van der Waals surface area contributed by atoms with Crippen LogP contribution in [-0.4, -0.2) is 44.6 Å². The Hall–Kier alpha value is -1.26. The summed E-state index contributed by atoms with van der Waals surface area (Å²) in [4.78, 5) is 6.81. The fourth-order valence-electron chi connectivity index (χ4n) is 2.01. The van der Waals surface area contributed by atoms with Crippen LogP contribution in [0.2, 0.25) is 0 Å². The molecule has 122 valence electrons. The molecule has 0 saturated heterocycles. The summed E-state index contributed by atoms with van der Waals surface area (Å²) in [7, 11) is 4.14. The van der Waals surface area contributed by atoms with Crippen LogP contribution in [0.3, 0.4) is 0 Å². The molecule has 0 aliphatic rings. The van der Waals surface area contributed by atoms with E-state index in [1.54, 1.807) is 0 Å². The molecule has 5 heteroatoms. The predicted octanol–water partition coefficient (Wildman–Crippen LogP) is 2.40. The minimum absolute atomic E-state index is 0. The number of nitrogens with one attached hydrogen (secondary N) is 2. The monoisotopic (exact) mass is 414 g/mol. The standard InChI is InChI=1S/C17H26N4.HI/c1-6-12-19-17(18-7-2)20-13-16(21(4)5)15-10-8-14(3)9-11-15;/h1,8-11,16H,7,12-13H2,2-5H3,(H2,18,19,20);1H. The average molecular weight is 414 g/mol. The molecule has 22 heavy (non-hydrogen) atoms. The van der Waals surface area contributed by atoms with E-state index in [1.165, 1.54) is 11.1 Å². The molecule has 0 aliphatic heterocycles. The Balaban J connectivity index is 0.00000441. The zero-order valence-electron chi connectivity index (χ0n) is 13.9. The molecule has 1 aromatic rings. The lowest BCUT2D eigenvalue weighted by Gasteiger charge is -2.23. The first-order valence-corrected chi connectivity index (χ1v) is 7.27. The largest absolute Gasteiger partial charge is 0.357 e. The second kappa shape index (κ2) is 11.3. The molecule has 0 saturated carbocycles. The third kappa shape index (κ3) is 7.14. The summed E-state index contributed by atoms with van der Waals surface area (Å²) in [6.07, 6.45) is 5.28. The van der Waals surface area contributed by atoms with Crippen LogP contribution in [0.5, 0.6) is 0 Å². The highest BCUT2D eigenvalue weighted by atomic mass is 127. The molecule has 1 unspecified atom stereocenters. The maximum atomic E-state index is 5.28. The number of hydrogen-bond donors (Lipinski definition) is 2. The molecule has 4 nitrogen and oxygen atoms in total. The second-order valence-corrected chi connectivity index (χ2v) is 5.17. The summed E-state index contributed by atoms with van der Waals surface area (Å²) in [6.45, 7) is 6.10. The van der Waals surface area contributed by atoms with Crippen molar-refractivity contribution in [2.24, 2.45) is 4.99 Å². The third-order valence-corrected chi connectivity index (χ3v) is 3.21. The van der Waals surface area contributed by atoms with Crippen molar-refractivity contribution in [1.82, 2.24) is 15.5 Å². The number of guanidine groups is 1. The van der Waals surface area contributed by atoms with E-state index in [4.69, 9.17) is 6.42 Å². The van der Waals surface area contributed by atoms with Crippen LogP contribution in [0.1, 0.15) is 24.1 Å². The van der Waals surface area contributed by atoms with Crippen LogP contribution in [0, 0.1) is 19.3 Å². The Morgan fingerprint density at radius 2 is 1.91 bits per heavy atom. The molecule has 2 N–H and O–H groups in total. The van der Waals surface area contributed by atoms with Crippen LogP contribution in [0.4, 0.5) is 0 Å². The third-order valence-electron chi connectivity index (χ3n) is 3.21. The van der Waals surface area contributed by atoms with Crippen LogP contribution in [-0.2, 0) is 0 Å². The normalized spacial score (nSPS) is 12.3. The van der Waals surface area contributed by atoms with Gasteiger partial charge >= 0.3 is 0 Å². The number of aryl methyl sites for hydroxylation is 1. The highest BCUT2D eigenvalue weighted by Crippen LogP contribution is 2.19. The fourth-order valence-corrected chi connectivity index (χ4v) is 2.01. The van der Waals surface area contributed by atoms with E-state index in [0.717, 1.165) is 12.5 Å². The quantitative estimate of drug-likeness (QED) is 0.325. The Kier molecular flexibility index (Phi) is 10.7. The first kappa shape index (κ1) is 20.7. The van der Waals surface area contributed by atoms with Gasteiger partial charge in [0, 0.05) is 6.54 Å². The number of rotatable bonds is 6. The van der Waals surface area contributed by atoms with Crippen molar-refractivity contribution < 1.29 is 0 Å². The molecule has 1 aromatic carbocycles. The maximum Gasteiger partial charge on any atom is 0.192 e. The zero-order valence-corrected chi connectivity index (χ0v) is 16.2. The van der Waals surface area contributed by atoms with E-state index >= 15 is 0 Å². The molecule has 0 aliphatic carbocycles. The van der Waals surface area contributed by atoms with Crippen molar-refractivity contribution in [3.05, 3.63) is 35.4 Å². The first-order chi connectivity index (χ1) is 10.1. The van der Waals surface area contributed by atoms with Gasteiger partial charge < -0.3 is 15.5 Å². The summed E-state index contributed by atoms with van der Waals surface area (Å²) >= 11 is 0.